The number of fused-ring (bicyclic) bond motifs is 2. The van der Waals surface area contributed by atoms with Crippen LogP contribution < -0.4 is 15.5 Å². The van der Waals surface area contributed by atoms with Crippen LogP contribution in [0.25, 0.3) is 11.1 Å². The molecular formula is C29H25N5O6. The molecule has 0 bridgehead atoms. The molecule has 5 amide bonds. The van der Waals surface area contributed by atoms with Crippen molar-refractivity contribution in [2.75, 3.05) is 17.3 Å². The molecule has 2 N–H and O–H groups in total. The Bertz CT molecular complexity index is 1640. The van der Waals surface area contributed by atoms with Crippen LogP contribution >= 0.6 is 0 Å². The molecule has 202 valence electrons. The molecule has 4 heterocycles. The van der Waals surface area contributed by atoms with E-state index >= 15 is 0 Å². The molecular weight excluding hydrogens is 514 g/mol. The molecule has 1 fully saturated rings. The van der Waals surface area contributed by atoms with Gasteiger partial charge in [-0.25, -0.2) is 4.79 Å². The highest BCUT2D eigenvalue weighted by Gasteiger charge is 2.45. The first kappa shape index (κ1) is 25.2. The number of nitrogens with one attached hydrogen (secondary N) is 2. The monoisotopic (exact) mass is 539 g/mol. The van der Waals surface area contributed by atoms with Gasteiger partial charge in [0.25, 0.3) is 11.8 Å². The molecule has 3 aromatic rings. The Kier molecular flexibility index (Phi) is 5.86. The lowest BCUT2D eigenvalue weighted by Crippen LogP contribution is -2.54. The minimum atomic E-state index is -1.07. The number of ether oxygens (including phenoxy) is 1. The number of piperidine rings is 1. The maximum absolute atomic E-state index is 13.6. The van der Waals surface area contributed by atoms with Gasteiger partial charge in [-0.2, -0.15) is 0 Å². The van der Waals surface area contributed by atoms with E-state index in [0.29, 0.717) is 17.1 Å². The number of aryl methyl sites for hydroxylation is 2. The number of cyclic esters (lactones) is 1. The van der Waals surface area contributed by atoms with Crippen LogP contribution in [-0.4, -0.2) is 52.7 Å². The first-order chi connectivity index (χ1) is 19.1. The third-order valence-corrected chi connectivity index (χ3v) is 7.34. The summed E-state index contributed by atoms with van der Waals surface area (Å²) in [5, 5.41) is 5.55. The summed E-state index contributed by atoms with van der Waals surface area (Å²) in [6.07, 6.45) is -0.381. The van der Waals surface area contributed by atoms with Crippen molar-refractivity contribution in [1.82, 2.24) is 15.2 Å². The maximum atomic E-state index is 13.6. The number of pyridine rings is 1. The Hall–Kier alpha value is -5.06. The van der Waals surface area contributed by atoms with Gasteiger partial charge in [0.05, 0.1) is 22.5 Å². The van der Waals surface area contributed by atoms with E-state index in [4.69, 9.17) is 4.74 Å². The highest BCUT2D eigenvalue weighted by atomic mass is 16.6. The van der Waals surface area contributed by atoms with E-state index in [1.807, 2.05) is 38.1 Å². The first-order valence-electron chi connectivity index (χ1n) is 12.8. The van der Waals surface area contributed by atoms with Crippen LogP contribution in [0, 0.1) is 13.8 Å². The molecule has 40 heavy (non-hydrogen) atoms. The molecule has 0 aliphatic carbocycles. The average Bonchev–Trinajstić information content (AvgIpc) is 3.16. The normalized spacial score (nSPS) is 18.4. The van der Waals surface area contributed by atoms with Crippen LogP contribution in [0.1, 0.15) is 50.5 Å². The Morgan fingerprint density at radius 3 is 2.42 bits per heavy atom. The van der Waals surface area contributed by atoms with Gasteiger partial charge < -0.3 is 10.1 Å². The van der Waals surface area contributed by atoms with E-state index < -0.39 is 35.8 Å². The van der Waals surface area contributed by atoms with E-state index in [1.54, 1.807) is 25.2 Å². The Morgan fingerprint density at radius 2 is 1.70 bits per heavy atom. The van der Waals surface area contributed by atoms with Gasteiger partial charge in [0, 0.05) is 41.7 Å². The summed E-state index contributed by atoms with van der Waals surface area (Å²) >= 11 is 0. The Balaban J connectivity index is 1.45. The van der Waals surface area contributed by atoms with Gasteiger partial charge in [-0.15, -0.1) is 0 Å². The van der Waals surface area contributed by atoms with E-state index in [0.717, 1.165) is 33.0 Å². The fourth-order valence-corrected chi connectivity index (χ4v) is 5.49. The molecule has 0 radical (unpaired) electrons. The molecule has 3 aliphatic rings. The van der Waals surface area contributed by atoms with Crippen molar-refractivity contribution in [2.24, 2.45) is 0 Å². The molecule has 1 aromatic heterocycles. The number of imide groups is 2. The smallest absolute Gasteiger partial charge is 0.414 e. The zero-order valence-corrected chi connectivity index (χ0v) is 22.0. The molecule has 0 spiro atoms. The van der Waals surface area contributed by atoms with Gasteiger partial charge in [0.1, 0.15) is 12.6 Å². The van der Waals surface area contributed by atoms with Gasteiger partial charge in [-0.05, 0) is 62.2 Å². The molecule has 1 saturated heterocycles. The molecule has 3 aliphatic heterocycles. The summed E-state index contributed by atoms with van der Waals surface area (Å²) in [5.74, 6) is -2.31. The summed E-state index contributed by atoms with van der Waals surface area (Å²) in [4.78, 5) is 70.2. The number of benzene rings is 2. The van der Waals surface area contributed by atoms with Crippen molar-refractivity contribution in [1.29, 1.82) is 0 Å². The van der Waals surface area contributed by atoms with Crippen LogP contribution in [-0.2, 0) is 20.9 Å². The van der Waals surface area contributed by atoms with Crippen LogP contribution in [0.15, 0.2) is 42.5 Å². The Labute approximate surface area is 229 Å². The number of rotatable bonds is 4. The molecule has 11 nitrogen and oxygen atoms in total. The van der Waals surface area contributed by atoms with Gasteiger partial charge in [0.2, 0.25) is 11.8 Å². The summed E-state index contributed by atoms with van der Waals surface area (Å²) in [6, 6.07) is 11.4. The zero-order valence-electron chi connectivity index (χ0n) is 22.0. The molecule has 6 rings (SSSR count). The van der Waals surface area contributed by atoms with Crippen LogP contribution in [0.3, 0.4) is 0 Å². The van der Waals surface area contributed by atoms with Gasteiger partial charge in [0.15, 0.2) is 0 Å². The fourth-order valence-electron chi connectivity index (χ4n) is 5.49. The minimum absolute atomic E-state index is 0.0358. The van der Waals surface area contributed by atoms with Crippen molar-refractivity contribution < 1.29 is 28.7 Å². The number of hydrogen-bond donors (Lipinski definition) is 2. The SMILES string of the molecule is Cc1cc(-c2cc3c(cc2Nc2cccc4c2C(=O)N(C2CCC(=O)NC2=O)C4=O)N(C)C(=O)OC3)cc(C)n1. The number of hydrogen-bond acceptors (Lipinski definition) is 8. The third kappa shape index (κ3) is 4.06. The van der Waals surface area contributed by atoms with Crippen LogP contribution in [0.5, 0.6) is 0 Å². The lowest BCUT2D eigenvalue weighted by atomic mass is 9.97. The van der Waals surface area contributed by atoms with Crippen molar-refractivity contribution in [3.8, 4) is 11.1 Å². The number of nitrogens with zero attached hydrogens (tertiary/aromatic N) is 3. The lowest BCUT2D eigenvalue weighted by Gasteiger charge is -2.28. The van der Waals surface area contributed by atoms with Crippen LogP contribution in [0.2, 0.25) is 0 Å². The van der Waals surface area contributed by atoms with Crippen LogP contribution in [0.4, 0.5) is 21.9 Å². The predicted molar refractivity (Wildman–Crippen MR) is 144 cm³/mol. The Morgan fingerprint density at radius 1 is 0.950 bits per heavy atom. The first-order valence-corrected chi connectivity index (χ1v) is 12.8. The molecule has 1 unspecified atom stereocenters. The summed E-state index contributed by atoms with van der Waals surface area (Å²) in [7, 11) is 1.62. The minimum Gasteiger partial charge on any atom is -0.444 e. The number of aromatic nitrogens is 1. The van der Waals surface area contributed by atoms with Crippen molar-refractivity contribution in [3.63, 3.8) is 0 Å². The van der Waals surface area contributed by atoms with Gasteiger partial charge in [-0.1, -0.05) is 6.07 Å². The predicted octanol–water partition coefficient (Wildman–Crippen LogP) is 3.60. The second kappa shape index (κ2) is 9.30. The molecule has 1 atom stereocenters. The largest absolute Gasteiger partial charge is 0.444 e. The number of amides is 5. The van der Waals surface area contributed by atoms with E-state index in [1.165, 1.54) is 4.90 Å². The second-order valence-corrected chi connectivity index (χ2v) is 10.1. The number of carbonyl (C=O) groups excluding carboxylic acids is 5. The van der Waals surface area contributed by atoms with Crippen molar-refractivity contribution in [3.05, 3.63) is 70.5 Å². The lowest BCUT2D eigenvalue weighted by molar-refractivity contribution is -0.136. The number of anilines is 3. The zero-order chi connectivity index (χ0) is 28.3. The second-order valence-electron chi connectivity index (χ2n) is 10.1. The highest BCUT2D eigenvalue weighted by molar-refractivity contribution is 6.25. The third-order valence-electron chi connectivity index (χ3n) is 7.34. The quantitative estimate of drug-likeness (QED) is 0.480. The highest BCUT2D eigenvalue weighted by Crippen LogP contribution is 2.41. The van der Waals surface area contributed by atoms with E-state index in [9.17, 15) is 24.0 Å². The maximum Gasteiger partial charge on any atom is 0.414 e. The summed E-state index contributed by atoms with van der Waals surface area (Å²) in [5.41, 5.74) is 6.02. The fraction of sp³-hybridized carbons (Fsp3) is 0.241. The van der Waals surface area contributed by atoms with Gasteiger partial charge >= 0.3 is 6.09 Å². The number of carbonyl (C=O) groups is 5. The molecule has 0 saturated carbocycles. The molecule has 2 aromatic carbocycles. The van der Waals surface area contributed by atoms with Crippen molar-refractivity contribution in [2.45, 2.75) is 39.3 Å². The molecule has 11 heteroatoms. The van der Waals surface area contributed by atoms with E-state index in [-0.39, 0.29) is 30.6 Å². The van der Waals surface area contributed by atoms with Crippen molar-refractivity contribution >= 4 is 46.8 Å². The standard InChI is InChI=1S/C29H25N5O6/c1-14-9-16(10-15(2)30-14)19-11-17-13-40-29(39)33(3)23(17)12-21(19)31-20-6-4-5-18-25(20)28(38)34(27(18)37)22-7-8-24(35)32-26(22)36/h4-6,9-12,22,31H,7-8,13H2,1-3H3,(H,32,35,36). The van der Waals surface area contributed by atoms with Gasteiger partial charge in [-0.3, -0.25) is 39.3 Å². The average molecular weight is 540 g/mol. The van der Waals surface area contributed by atoms with E-state index in [2.05, 4.69) is 15.6 Å². The summed E-state index contributed by atoms with van der Waals surface area (Å²) in [6.45, 7) is 3.91. The topological polar surface area (TPSA) is 138 Å². The summed E-state index contributed by atoms with van der Waals surface area (Å²) < 4.78 is 5.30.